The number of aromatic nitrogens is 1. The van der Waals surface area contributed by atoms with Gasteiger partial charge in [-0.1, -0.05) is 18.2 Å². The van der Waals surface area contributed by atoms with Crippen LogP contribution in [-0.2, 0) is 16.0 Å². The Bertz CT molecular complexity index is 958. The predicted molar refractivity (Wildman–Crippen MR) is 97.9 cm³/mol. The second kappa shape index (κ2) is 5.55. The van der Waals surface area contributed by atoms with Crippen LogP contribution in [0.1, 0.15) is 35.4 Å². The number of likely N-dealkylation sites (N-methyl/N-ethyl adjacent to an activating group) is 1. The topological polar surface area (TPSA) is 51.5 Å². The summed E-state index contributed by atoms with van der Waals surface area (Å²) in [7, 11) is 2.12. The molecule has 0 saturated carbocycles. The third-order valence-electron chi connectivity index (χ3n) is 6.48. The van der Waals surface area contributed by atoms with Gasteiger partial charge in [-0.2, -0.15) is 0 Å². The Balaban J connectivity index is 1.80. The highest BCUT2D eigenvalue weighted by atomic mass is 16.5. The first-order valence-corrected chi connectivity index (χ1v) is 9.29. The quantitative estimate of drug-likeness (QED) is 0.742. The number of allylic oxidation sites excluding steroid dienone is 1. The fraction of sp³-hybridized carbons (Fsp3) is 0.429. The highest BCUT2D eigenvalue weighted by Crippen LogP contribution is 2.46. The molecular weight excluding hydrogens is 328 g/mol. The Kier molecular flexibility index (Phi) is 3.38. The molecule has 0 aliphatic carbocycles. The Hall–Kier alpha value is -2.40. The van der Waals surface area contributed by atoms with E-state index >= 15 is 0 Å². The molecule has 4 atom stereocenters. The molecule has 1 aromatic heterocycles. The number of nitrogens with zero attached hydrogens (tertiary/aromatic N) is 2. The van der Waals surface area contributed by atoms with E-state index in [9.17, 15) is 9.59 Å². The first-order valence-electron chi connectivity index (χ1n) is 9.29. The molecule has 5 nitrogen and oxygen atoms in total. The number of benzene rings is 1. The second-order valence-corrected chi connectivity index (χ2v) is 7.74. The molecule has 0 fully saturated rings. The number of para-hydroxylation sites is 1. The van der Waals surface area contributed by atoms with Gasteiger partial charge in [0.15, 0.2) is 0 Å². The van der Waals surface area contributed by atoms with Gasteiger partial charge in [0, 0.05) is 23.5 Å². The molecule has 5 heteroatoms. The minimum Gasteiger partial charge on any atom is -0.497 e. The van der Waals surface area contributed by atoms with Crippen molar-refractivity contribution in [2.45, 2.75) is 31.9 Å². The van der Waals surface area contributed by atoms with Crippen molar-refractivity contribution in [3.63, 3.8) is 0 Å². The molecule has 0 amide bonds. The highest BCUT2D eigenvalue weighted by molar-refractivity contribution is 6.05. The first-order chi connectivity index (χ1) is 12.6. The van der Waals surface area contributed by atoms with Crippen LogP contribution in [0.3, 0.4) is 0 Å². The summed E-state index contributed by atoms with van der Waals surface area (Å²) in [5, 5.41) is 1.17. The molecule has 0 spiro atoms. The van der Waals surface area contributed by atoms with Crippen LogP contribution in [0.15, 0.2) is 36.1 Å². The molecular formula is C21H22N2O3. The summed E-state index contributed by atoms with van der Waals surface area (Å²) in [6.07, 6.45) is 4.09. The number of carbonyl (C=O) groups excluding carboxylic acids is 2. The van der Waals surface area contributed by atoms with Crippen molar-refractivity contribution in [1.29, 1.82) is 0 Å². The molecule has 3 aliphatic rings. The molecule has 26 heavy (non-hydrogen) atoms. The molecule has 4 heterocycles. The minimum absolute atomic E-state index is 0.0380. The zero-order chi connectivity index (χ0) is 18.0. The van der Waals surface area contributed by atoms with Gasteiger partial charge in [0.25, 0.3) is 5.91 Å². The van der Waals surface area contributed by atoms with Crippen molar-refractivity contribution in [3.8, 4) is 0 Å². The van der Waals surface area contributed by atoms with Crippen LogP contribution in [0.4, 0.5) is 0 Å². The van der Waals surface area contributed by atoms with Gasteiger partial charge in [0.05, 0.1) is 29.3 Å². The van der Waals surface area contributed by atoms with Crippen molar-refractivity contribution in [3.05, 3.63) is 47.4 Å². The minimum atomic E-state index is -0.284. The number of ether oxygens (including phenoxy) is 1. The van der Waals surface area contributed by atoms with Crippen LogP contribution in [0, 0.1) is 11.8 Å². The smallest absolute Gasteiger partial charge is 0.261 e. The summed E-state index contributed by atoms with van der Waals surface area (Å²) in [5.41, 5.74) is 3.99. The van der Waals surface area contributed by atoms with Crippen molar-refractivity contribution in [1.82, 2.24) is 9.47 Å². The number of carbonyl (C=O) groups is 2. The molecule has 5 rings (SSSR count). The van der Waals surface area contributed by atoms with Crippen LogP contribution in [0.2, 0.25) is 0 Å². The lowest BCUT2D eigenvalue weighted by molar-refractivity contribution is -0.117. The lowest BCUT2D eigenvalue weighted by atomic mass is 9.77. The highest BCUT2D eigenvalue weighted by Gasteiger charge is 2.45. The SMILES string of the molecule is CC1OC=C2C(=O)n3c4c(c5ccccc53)CCN(C)C4CC2C1C=O. The van der Waals surface area contributed by atoms with E-state index in [1.54, 1.807) is 6.26 Å². The van der Waals surface area contributed by atoms with Crippen molar-refractivity contribution in [2.24, 2.45) is 11.8 Å². The maximum atomic E-state index is 13.5. The molecule has 134 valence electrons. The van der Waals surface area contributed by atoms with E-state index in [4.69, 9.17) is 4.74 Å². The summed E-state index contributed by atoms with van der Waals surface area (Å²) in [4.78, 5) is 27.7. The summed E-state index contributed by atoms with van der Waals surface area (Å²) in [5.74, 6) is -0.418. The van der Waals surface area contributed by atoms with Crippen LogP contribution in [0.25, 0.3) is 10.9 Å². The molecule has 0 N–H and O–H groups in total. The average molecular weight is 350 g/mol. The van der Waals surface area contributed by atoms with Crippen LogP contribution < -0.4 is 0 Å². The predicted octanol–water partition coefficient (Wildman–Crippen LogP) is 2.95. The first kappa shape index (κ1) is 15.8. The van der Waals surface area contributed by atoms with Gasteiger partial charge in [-0.05, 0) is 38.4 Å². The molecule has 2 aromatic rings. The van der Waals surface area contributed by atoms with Gasteiger partial charge >= 0.3 is 0 Å². The van der Waals surface area contributed by atoms with Crippen molar-refractivity contribution >= 4 is 23.1 Å². The van der Waals surface area contributed by atoms with E-state index in [1.165, 1.54) is 10.9 Å². The summed E-state index contributed by atoms with van der Waals surface area (Å²) in [6.45, 7) is 2.87. The Morgan fingerprint density at radius 1 is 1.27 bits per heavy atom. The van der Waals surface area contributed by atoms with Crippen LogP contribution in [-0.4, -0.2) is 41.4 Å². The lowest BCUT2D eigenvalue weighted by Gasteiger charge is -2.37. The number of hydrogen-bond acceptors (Lipinski definition) is 4. The van der Waals surface area contributed by atoms with Crippen molar-refractivity contribution in [2.75, 3.05) is 13.6 Å². The third-order valence-corrected chi connectivity index (χ3v) is 6.48. The molecule has 1 aromatic carbocycles. The number of fused-ring (bicyclic) bond motifs is 4. The Labute approximate surface area is 152 Å². The zero-order valence-electron chi connectivity index (χ0n) is 15.0. The van der Waals surface area contributed by atoms with E-state index in [0.29, 0.717) is 5.57 Å². The maximum Gasteiger partial charge on any atom is 0.261 e. The average Bonchev–Trinajstić information content (AvgIpc) is 2.91. The summed E-state index contributed by atoms with van der Waals surface area (Å²) >= 11 is 0. The number of rotatable bonds is 1. The Morgan fingerprint density at radius 3 is 2.88 bits per heavy atom. The molecule has 0 saturated heterocycles. The van der Waals surface area contributed by atoms with Gasteiger partial charge in [-0.3, -0.25) is 14.3 Å². The van der Waals surface area contributed by atoms with Crippen molar-refractivity contribution < 1.29 is 14.3 Å². The third kappa shape index (κ3) is 1.95. The largest absolute Gasteiger partial charge is 0.497 e. The molecule has 3 aliphatic heterocycles. The van der Waals surface area contributed by atoms with Gasteiger partial charge in [-0.25, -0.2) is 0 Å². The Morgan fingerprint density at radius 2 is 2.08 bits per heavy atom. The fourth-order valence-corrected chi connectivity index (χ4v) is 5.06. The normalized spacial score (nSPS) is 30.8. The van der Waals surface area contributed by atoms with E-state index < -0.39 is 0 Å². The van der Waals surface area contributed by atoms with E-state index in [0.717, 1.165) is 36.9 Å². The molecule has 4 unspecified atom stereocenters. The maximum absolute atomic E-state index is 13.5. The van der Waals surface area contributed by atoms with Gasteiger partial charge in [0.1, 0.15) is 12.4 Å². The van der Waals surface area contributed by atoms with Gasteiger partial charge < -0.3 is 9.53 Å². The van der Waals surface area contributed by atoms with E-state index in [2.05, 4.69) is 18.0 Å². The lowest BCUT2D eigenvalue weighted by Crippen LogP contribution is -2.38. The van der Waals surface area contributed by atoms with Crippen LogP contribution >= 0.6 is 0 Å². The summed E-state index contributed by atoms with van der Waals surface area (Å²) in [6, 6.07) is 8.29. The van der Waals surface area contributed by atoms with Gasteiger partial charge in [0.2, 0.25) is 0 Å². The molecule has 0 bridgehead atoms. The molecule has 0 radical (unpaired) electrons. The second-order valence-electron chi connectivity index (χ2n) is 7.74. The standard InChI is InChI=1S/C21H22N2O3/c1-12-16(10-24)15-9-19-20-14(7-8-22(19)2)13-5-3-4-6-18(13)23(20)21(25)17(15)11-26-12/h3-6,10-12,15-16,19H,7-9H2,1-2H3. The van der Waals surface area contributed by atoms with Crippen LogP contribution in [0.5, 0.6) is 0 Å². The van der Waals surface area contributed by atoms with E-state index in [1.807, 2.05) is 29.7 Å². The number of hydrogen-bond donors (Lipinski definition) is 0. The van der Waals surface area contributed by atoms with Gasteiger partial charge in [-0.15, -0.1) is 0 Å². The monoisotopic (exact) mass is 350 g/mol. The zero-order valence-corrected chi connectivity index (χ0v) is 15.0. The number of aldehydes is 1. The fourth-order valence-electron chi connectivity index (χ4n) is 5.06. The van der Waals surface area contributed by atoms with E-state index in [-0.39, 0.29) is 29.9 Å². The summed E-state index contributed by atoms with van der Waals surface area (Å²) < 4.78 is 7.57.